The number of rotatable bonds is 5. The van der Waals surface area contributed by atoms with Gasteiger partial charge in [-0.15, -0.1) is 0 Å². The fourth-order valence-corrected chi connectivity index (χ4v) is 4.00. The number of hydrogen-bond acceptors (Lipinski definition) is 5. The third-order valence-corrected chi connectivity index (χ3v) is 5.52. The number of nitrogens with zero attached hydrogens (tertiary/aromatic N) is 2. The van der Waals surface area contributed by atoms with E-state index in [1.165, 1.54) is 11.8 Å². The normalized spacial score (nSPS) is 10.8. The summed E-state index contributed by atoms with van der Waals surface area (Å²) in [5.74, 6) is -2.42. The molecule has 26 heavy (non-hydrogen) atoms. The van der Waals surface area contributed by atoms with Gasteiger partial charge < -0.3 is 0 Å². The van der Waals surface area contributed by atoms with Gasteiger partial charge in [-0.2, -0.15) is 9.36 Å². The quantitative estimate of drug-likeness (QED) is 0.417. The summed E-state index contributed by atoms with van der Waals surface area (Å²) in [7, 11) is 0. The van der Waals surface area contributed by atoms with E-state index in [1.54, 1.807) is 6.07 Å². The van der Waals surface area contributed by atoms with Crippen LogP contribution in [0.4, 0.5) is 13.9 Å². The molecule has 0 radical (unpaired) electrons. The highest BCUT2D eigenvalue weighted by Crippen LogP contribution is 2.27. The molecule has 0 saturated carbocycles. The van der Waals surface area contributed by atoms with Crippen molar-refractivity contribution in [3.8, 4) is 0 Å². The zero-order valence-electron chi connectivity index (χ0n) is 12.8. The van der Waals surface area contributed by atoms with Gasteiger partial charge in [-0.25, -0.2) is 8.78 Å². The maximum Gasteiger partial charge on any atom is 0.259 e. The smallest absolute Gasteiger partial charge is 0.259 e. The van der Waals surface area contributed by atoms with E-state index in [2.05, 4.69) is 14.7 Å². The number of amides is 1. The second-order valence-electron chi connectivity index (χ2n) is 4.96. The second kappa shape index (κ2) is 8.30. The van der Waals surface area contributed by atoms with Crippen LogP contribution in [0.3, 0.4) is 0 Å². The average molecular weight is 432 g/mol. The van der Waals surface area contributed by atoms with Gasteiger partial charge in [-0.1, -0.05) is 53.2 Å². The monoisotopic (exact) mass is 431 g/mol. The summed E-state index contributed by atoms with van der Waals surface area (Å²) in [6.45, 7) is 0. The molecular formula is C16H9Cl2F2N3OS2. The van der Waals surface area contributed by atoms with Crippen molar-refractivity contribution in [2.45, 2.75) is 10.9 Å². The molecule has 0 saturated heterocycles. The minimum absolute atomic E-state index is 0.189. The predicted molar refractivity (Wildman–Crippen MR) is 100 cm³/mol. The number of benzene rings is 2. The van der Waals surface area contributed by atoms with Gasteiger partial charge in [0, 0.05) is 22.3 Å². The van der Waals surface area contributed by atoms with Crippen molar-refractivity contribution in [2.75, 3.05) is 5.32 Å². The predicted octanol–water partition coefficient (Wildman–Crippen LogP) is 5.67. The molecule has 3 rings (SSSR count). The van der Waals surface area contributed by atoms with Gasteiger partial charge in [0.1, 0.15) is 0 Å². The molecule has 1 amide bonds. The molecule has 0 unspecified atom stereocenters. The maximum absolute atomic E-state index is 13.3. The first-order valence-corrected chi connectivity index (χ1v) is 9.61. The molecule has 1 N–H and O–H groups in total. The topological polar surface area (TPSA) is 54.9 Å². The Morgan fingerprint density at radius 1 is 1.15 bits per heavy atom. The minimum atomic E-state index is -1.16. The van der Waals surface area contributed by atoms with Gasteiger partial charge in [-0.05, 0) is 23.8 Å². The standard InChI is InChI=1S/C16H9Cl2F2N3OS2/c17-10-4-2-1-3-8(10)7-25-16-22-15(26-23-16)21-14(24)9-5-12(19)13(20)6-11(9)18/h1-6H,7H2,(H,21,22,23,24). The molecular weight excluding hydrogens is 423 g/mol. The van der Waals surface area contributed by atoms with Crippen molar-refractivity contribution in [1.82, 2.24) is 9.36 Å². The Balaban J connectivity index is 1.66. The third kappa shape index (κ3) is 4.50. The van der Waals surface area contributed by atoms with Crippen LogP contribution in [0, 0.1) is 11.6 Å². The fourth-order valence-electron chi connectivity index (χ4n) is 1.94. The van der Waals surface area contributed by atoms with E-state index in [0.29, 0.717) is 15.9 Å². The number of anilines is 1. The summed E-state index contributed by atoms with van der Waals surface area (Å²) in [6.07, 6.45) is 0. The van der Waals surface area contributed by atoms with E-state index in [1.807, 2.05) is 18.2 Å². The molecule has 4 nitrogen and oxygen atoms in total. The Hall–Kier alpha value is -1.74. The van der Waals surface area contributed by atoms with Crippen molar-refractivity contribution >= 4 is 57.5 Å². The molecule has 0 spiro atoms. The van der Waals surface area contributed by atoms with Crippen LogP contribution in [0.2, 0.25) is 10.0 Å². The van der Waals surface area contributed by atoms with Crippen LogP contribution < -0.4 is 5.32 Å². The van der Waals surface area contributed by atoms with E-state index < -0.39 is 17.5 Å². The number of carbonyl (C=O) groups excluding carboxylic acids is 1. The lowest BCUT2D eigenvalue weighted by Gasteiger charge is -2.04. The lowest BCUT2D eigenvalue weighted by Crippen LogP contribution is -2.13. The number of carbonyl (C=O) groups is 1. The average Bonchev–Trinajstić information content (AvgIpc) is 3.04. The van der Waals surface area contributed by atoms with Gasteiger partial charge in [0.2, 0.25) is 10.3 Å². The van der Waals surface area contributed by atoms with E-state index in [9.17, 15) is 13.6 Å². The summed E-state index contributed by atoms with van der Waals surface area (Å²) in [5.41, 5.74) is 0.749. The van der Waals surface area contributed by atoms with E-state index in [-0.39, 0.29) is 15.7 Å². The summed E-state index contributed by atoms with van der Waals surface area (Å²) in [5, 5.41) is 3.60. The molecule has 0 fully saturated rings. The van der Waals surface area contributed by atoms with Crippen molar-refractivity contribution in [2.24, 2.45) is 0 Å². The highest BCUT2D eigenvalue weighted by molar-refractivity contribution is 7.98. The van der Waals surface area contributed by atoms with Crippen molar-refractivity contribution in [3.05, 3.63) is 69.2 Å². The van der Waals surface area contributed by atoms with Crippen LogP contribution in [-0.4, -0.2) is 15.3 Å². The summed E-state index contributed by atoms with van der Waals surface area (Å²) >= 11 is 14.2. The van der Waals surface area contributed by atoms with Crippen molar-refractivity contribution in [3.63, 3.8) is 0 Å². The Labute approximate surface area is 165 Å². The van der Waals surface area contributed by atoms with E-state index >= 15 is 0 Å². The fraction of sp³-hybridized carbons (Fsp3) is 0.0625. The molecule has 0 aliphatic carbocycles. The Bertz CT molecular complexity index is 968. The first-order valence-electron chi connectivity index (χ1n) is 7.10. The number of aromatic nitrogens is 2. The van der Waals surface area contributed by atoms with Crippen molar-refractivity contribution < 1.29 is 13.6 Å². The lowest BCUT2D eigenvalue weighted by molar-refractivity contribution is 0.102. The molecule has 3 aromatic rings. The summed E-state index contributed by atoms with van der Waals surface area (Å²) in [6, 6.07) is 8.90. The first-order chi connectivity index (χ1) is 12.4. The van der Waals surface area contributed by atoms with Gasteiger partial charge in [-0.3, -0.25) is 10.1 Å². The van der Waals surface area contributed by atoms with Crippen molar-refractivity contribution in [1.29, 1.82) is 0 Å². The van der Waals surface area contributed by atoms with E-state index in [4.69, 9.17) is 23.2 Å². The largest absolute Gasteiger partial charge is 0.297 e. The number of nitrogens with one attached hydrogen (secondary N) is 1. The molecule has 0 aliphatic rings. The molecule has 0 atom stereocenters. The third-order valence-electron chi connectivity index (χ3n) is 3.20. The molecule has 0 bridgehead atoms. The van der Waals surface area contributed by atoms with Crippen LogP contribution in [0.1, 0.15) is 15.9 Å². The Morgan fingerprint density at radius 3 is 2.65 bits per heavy atom. The van der Waals surface area contributed by atoms with Crippen LogP contribution in [0.5, 0.6) is 0 Å². The van der Waals surface area contributed by atoms with Crippen LogP contribution in [-0.2, 0) is 5.75 Å². The van der Waals surface area contributed by atoms with Gasteiger partial charge in [0.05, 0.1) is 10.6 Å². The molecule has 10 heteroatoms. The summed E-state index contributed by atoms with van der Waals surface area (Å²) in [4.78, 5) is 16.3. The maximum atomic E-state index is 13.3. The number of halogens is 4. The lowest BCUT2D eigenvalue weighted by atomic mass is 10.2. The van der Waals surface area contributed by atoms with E-state index in [0.717, 1.165) is 29.2 Å². The van der Waals surface area contributed by atoms with Crippen LogP contribution in [0.15, 0.2) is 41.6 Å². The van der Waals surface area contributed by atoms with Gasteiger partial charge in [0.15, 0.2) is 11.6 Å². The molecule has 1 aromatic heterocycles. The van der Waals surface area contributed by atoms with Gasteiger partial charge >= 0.3 is 0 Å². The minimum Gasteiger partial charge on any atom is -0.297 e. The number of hydrogen-bond donors (Lipinski definition) is 1. The first kappa shape index (κ1) is 19.0. The Kier molecular flexibility index (Phi) is 6.08. The molecule has 134 valence electrons. The molecule has 1 heterocycles. The zero-order valence-corrected chi connectivity index (χ0v) is 15.9. The molecule has 2 aromatic carbocycles. The van der Waals surface area contributed by atoms with Gasteiger partial charge in [0.25, 0.3) is 5.91 Å². The zero-order chi connectivity index (χ0) is 18.7. The highest BCUT2D eigenvalue weighted by atomic mass is 35.5. The SMILES string of the molecule is O=C(Nc1nc(SCc2ccccc2Cl)ns1)c1cc(F)c(F)cc1Cl. The molecule has 0 aliphatic heterocycles. The Morgan fingerprint density at radius 2 is 1.88 bits per heavy atom. The van der Waals surface area contributed by atoms with Crippen LogP contribution >= 0.6 is 46.5 Å². The van der Waals surface area contributed by atoms with Crippen LogP contribution in [0.25, 0.3) is 0 Å². The second-order valence-corrected chi connectivity index (χ2v) is 7.47. The summed E-state index contributed by atoms with van der Waals surface area (Å²) < 4.78 is 30.5. The highest BCUT2D eigenvalue weighted by Gasteiger charge is 2.17. The number of thioether (sulfide) groups is 1.